The topological polar surface area (TPSA) is 36.6 Å². The second kappa shape index (κ2) is 6.34. The van der Waals surface area contributed by atoms with Gasteiger partial charge in [0.05, 0.1) is 6.54 Å². The van der Waals surface area contributed by atoms with Crippen molar-refractivity contribution in [2.45, 2.75) is 59.4 Å². The van der Waals surface area contributed by atoms with Gasteiger partial charge in [-0.1, -0.05) is 0 Å². The van der Waals surface area contributed by atoms with Crippen molar-refractivity contribution in [3.8, 4) is 0 Å². The van der Waals surface area contributed by atoms with E-state index in [4.69, 9.17) is 4.42 Å². The fraction of sp³-hybridized carbons (Fsp3) is 0.529. The summed E-state index contributed by atoms with van der Waals surface area (Å²) in [5.41, 5.74) is -0.925. The van der Waals surface area contributed by atoms with Crippen molar-refractivity contribution in [1.29, 1.82) is 0 Å². The van der Waals surface area contributed by atoms with Crippen LogP contribution in [0.2, 0.25) is 0 Å². The molecule has 2 rings (SSSR count). The standard InChI is InChI=1S/C17H25NO2S/c1-12(2)18(11-15-8-6-13(3)21-15)10-14-7-9-16(20-14)17(4,5)19/h6-9,12,19H,10-11H2,1-5H3. The molecule has 0 saturated carbocycles. The third-order valence-electron chi connectivity index (χ3n) is 3.51. The van der Waals surface area contributed by atoms with Gasteiger partial charge in [0.1, 0.15) is 17.1 Å². The van der Waals surface area contributed by atoms with E-state index < -0.39 is 5.60 Å². The first-order valence-corrected chi connectivity index (χ1v) is 8.18. The van der Waals surface area contributed by atoms with Crippen LogP contribution >= 0.6 is 11.3 Å². The maximum absolute atomic E-state index is 9.98. The lowest BCUT2D eigenvalue weighted by Crippen LogP contribution is -2.29. The van der Waals surface area contributed by atoms with Gasteiger partial charge < -0.3 is 9.52 Å². The van der Waals surface area contributed by atoms with Crippen molar-refractivity contribution in [1.82, 2.24) is 4.90 Å². The molecule has 2 aromatic rings. The fourth-order valence-electron chi connectivity index (χ4n) is 2.18. The molecule has 3 nitrogen and oxygen atoms in total. The molecule has 0 radical (unpaired) electrons. The lowest BCUT2D eigenvalue weighted by molar-refractivity contribution is 0.0511. The minimum absolute atomic E-state index is 0.433. The van der Waals surface area contributed by atoms with E-state index in [1.165, 1.54) is 9.75 Å². The number of hydrogen-bond donors (Lipinski definition) is 1. The Bertz CT molecular complexity index is 578. The van der Waals surface area contributed by atoms with Crippen LogP contribution in [0, 0.1) is 6.92 Å². The minimum atomic E-state index is -0.925. The van der Waals surface area contributed by atoms with E-state index in [0.29, 0.717) is 11.8 Å². The Morgan fingerprint density at radius 3 is 2.38 bits per heavy atom. The molecule has 0 unspecified atom stereocenters. The summed E-state index contributed by atoms with van der Waals surface area (Å²) in [5.74, 6) is 1.52. The summed E-state index contributed by atoms with van der Waals surface area (Å²) in [4.78, 5) is 5.09. The SMILES string of the molecule is Cc1ccc(CN(Cc2ccc(C(C)(C)O)o2)C(C)C)s1. The molecule has 4 heteroatoms. The van der Waals surface area contributed by atoms with E-state index in [0.717, 1.165) is 18.8 Å². The molecule has 0 atom stereocenters. The van der Waals surface area contributed by atoms with Crippen LogP contribution in [0.3, 0.4) is 0 Å². The number of nitrogens with zero attached hydrogens (tertiary/aromatic N) is 1. The van der Waals surface area contributed by atoms with Gasteiger partial charge in [0.2, 0.25) is 0 Å². The van der Waals surface area contributed by atoms with E-state index in [2.05, 4.69) is 37.8 Å². The highest BCUT2D eigenvalue weighted by Crippen LogP contribution is 2.24. The van der Waals surface area contributed by atoms with Gasteiger partial charge in [0, 0.05) is 22.3 Å². The molecule has 0 aliphatic heterocycles. The second-order valence-electron chi connectivity index (χ2n) is 6.34. The van der Waals surface area contributed by atoms with Crippen LogP contribution < -0.4 is 0 Å². The van der Waals surface area contributed by atoms with Crippen molar-refractivity contribution in [2.24, 2.45) is 0 Å². The van der Waals surface area contributed by atoms with Gasteiger partial charge in [-0.15, -0.1) is 11.3 Å². The molecular formula is C17H25NO2S. The lowest BCUT2D eigenvalue weighted by Gasteiger charge is -2.25. The number of aliphatic hydroxyl groups is 1. The first kappa shape index (κ1) is 16.3. The highest BCUT2D eigenvalue weighted by atomic mass is 32.1. The molecule has 0 aromatic carbocycles. The van der Waals surface area contributed by atoms with Crippen molar-refractivity contribution in [2.75, 3.05) is 0 Å². The zero-order chi connectivity index (χ0) is 15.6. The smallest absolute Gasteiger partial charge is 0.135 e. The van der Waals surface area contributed by atoms with Crippen LogP contribution in [0.5, 0.6) is 0 Å². The zero-order valence-corrected chi connectivity index (χ0v) is 14.3. The van der Waals surface area contributed by atoms with E-state index in [1.54, 1.807) is 13.8 Å². The number of thiophene rings is 1. The van der Waals surface area contributed by atoms with Crippen molar-refractivity contribution < 1.29 is 9.52 Å². The van der Waals surface area contributed by atoms with Crippen molar-refractivity contribution >= 4 is 11.3 Å². The van der Waals surface area contributed by atoms with Gasteiger partial charge in [0.25, 0.3) is 0 Å². The van der Waals surface area contributed by atoms with Crippen LogP contribution in [0.1, 0.15) is 49.0 Å². The molecule has 116 valence electrons. The van der Waals surface area contributed by atoms with Crippen LogP contribution in [-0.4, -0.2) is 16.0 Å². The number of hydrogen-bond acceptors (Lipinski definition) is 4. The van der Waals surface area contributed by atoms with Crippen molar-refractivity contribution in [3.05, 3.63) is 45.5 Å². The molecule has 0 aliphatic rings. The Kier molecular flexibility index (Phi) is 4.91. The van der Waals surface area contributed by atoms with Gasteiger partial charge >= 0.3 is 0 Å². The number of furan rings is 1. The van der Waals surface area contributed by atoms with E-state index in [1.807, 2.05) is 23.5 Å². The van der Waals surface area contributed by atoms with Gasteiger partial charge in [0.15, 0.2) is 0 Å². The van der Waals surface area contributed by atoms with E-state index in [-0.39, 0.29) is 0 Å². The molecule has 21 heavy (non-hydrogen) atoms. The first-order chi connectivity index (χ1) is 9.75. The van der Waals surface area contributed by atoms with Crippen LogP contribution in [0.4, 0.5) is 0 Å². The Hall–Kier alpha value is -1.10. The maximum atomic E-state index is 9.98. The summed E-state index contributed by atoms with van der Waals surface area (Å²) in [6, 6.07) is 8.62. The summed E-state index contributed by atoms with van der Waals surface area (Å²) < 4.78 is 5.78. The Morgan fingerprint density at radius 1 is 1.19 bits per heavy atom. The van der Waals surface area contributed by atoms with Crippen LogP contribution in [0.15, 0.2) is 28.7 Å². The third-order valence-corrected chi connectivity index (χ3v) is 4.49. The normalized spacial score (nSPS) is 12.6. The van der Waals surface area contributed by atoms with Gasteiger partial charge in [-0.25, -0.2) is 0 Å². The zero-order valence-electron chi connectivity index (χ0n) is 13.5. The molecular weight excluding hydrogens is 282 g/mol. The average Bonchev–Trinajstić information content (AvgIpc) is 2.97. The highest BCUT2D eigenvalue weighted by Gasteiger charge is 2.21. The van der Waals surface area contributed by atoms with Gasteiger partial charge in [-0.05, 0) is 58.9 Å². The lowest BCUT2D eigenvalue weighted by atomic mass is 10.1. The molecule has 0 bridgehead atoms. The molecule has 0 spiro atoms. The average molecular weight is 307 g/mol. The summed E-state index contributed by atoms with van der Waals surface area (Å²) in [5, 5.41) is 9.98. The summed E-state index contributed by atoms with van der Waals surface area (Å²) in [7, 11) is 0. The van der Waals surface area contributed by atoms with Crippen LogP contribution in [0.25, 0.3) is 0 Å². The quantitative estimate of drug-likeness (QED) is 0.865. The Morgan fingerprint density at radius 2 is 1.90 bits per heavy atom. The molecule has 0 amide bonds. The maximum Gasteiger partial charge on any atom is 0.135 e. The molecule has 2 aromatic heterocycles. The monoisotopic (exact) mass is 307 g/mol. The Labute approximate surface area is 131 Å². The largest absolute Gasteiger partial charge is 0.462 e. The fourth-order valence-corrected chi connectivity index (χ4v) is 3.10. The molecule has 1 N–H and O–H groups in total. The predicted octanol–water partition coefficient (Wildman–Crippen LogP) is 4.29. The summed E-state index contributed by atoms with van der Waals surface area (Å²) in [6.07, 6.45) is 0. The number of aryl methyl sites for hydroxylation is 1. The molecule has 0 fully saturated rings. The van der Waals surface area contributed by atoms with Crippen LogP contribution in [-0.2, 0) is 18.7 Å². The van der Waals surface area contributed by atoms with E-state index in [9.17, 15) is 5.11 Å². The minimum Gasteiger partial charge on any atom is -0.462 e. The summed E-state index contributed by atoms with van der Waals surface area (Å²) in [6.45, 7) is 11.7. The van der Waals surface area contributed by atoms with Gasteiger partial charge in [-0.2, -0.15) is 0 Å². The van der Waals surface area contributed by atoms with E-state index >= 15 is 0 Å². The second-order valence-corrected chi connectivity index (χ2v) is 7.71. The molecule has 2 heterocycles. The van der Waals surface area contributed by atoms with Crippen molar-refractivity contribution in [3.63, 3.8) is 0 Å². The molecule has 0 aliphatic carbocycles. The third kappa shape index (κ3) is 4.43. The Balaban J connectivity index is 2.08. The first-order valence-electron chi connectivity index (χ1n) is 7.36. The predicted molar refractivity (Wildman–Crippen MR) is 87.4 cm³/mol. The molecule has 0 saturated heterocycles. The van der Waals surface area contributed by atoms with Gasteiger partial charge in [-0.3, -0.25) is 4.90 Å². The highest BCUT2D eigenvalue weighted by molar-refractivity contribution is 7.11. The summed E-state index contributed by atoms with van der Waals surface area (Å²) >= 11 is 1.84. The number of rotatable bonds is 6.